The summed E-state index contributed by atoms with van der Waals surface area (Å²) in [4.78, 5) is 11.6. The highest BCUT2D eigenvalue weighted by Crippen LogP contribution is 2.08. The van der Waals surface area contributed by atoms with Crippen LogP contribution in [0.15, 0.2) is 24.3 Å². The number of hydrogen-bond donors (Lipinski definition) is 1. The molecule has 1 aromatic rings. The van der Waals surface area contributed by atoms with Gasteiger partial charge in [0.25, 0.3) is 0 Å². The van der Waals surface area contributed by atoms with Gasteiger partial charge in [-0.1, -0.05) is 18.2 Å². The van der Waals surface area contributed by atoms with Crippen LogP contribution < -0.4 is 5.73 Å². The molecule has 0 saturated heterocycles. The number of rotatable bonds is 5. The van der Waals surface area contributed by atoms with Crippen LogP contribution in [-0.4, -0.2) is 19.1 Å². The molecule has 0 unspecified atom stereocenters. The number of carbonyl (C=O) groups excluding carboxylic acids is 1. The monoisotopic (exact) mass is 207 g/mol. The molecule has 0 amide bonds. The van der Waals surface area contributed by atoms with Crippen molar-refractivity contribution in [3.8, 4) is 0 Å². The molecule has 0 aromatic heterocycles. The molecule has 0 aliphatic heterocycles. The third-order valence-electron chi connectivity index (χ3n) is 2.20. The van der Waals surface area contributed by atoms with Crippen LogP contribution >= 0.6 is 0 Å². The Morgan fingerprint density at radius 3 is 2.73 bits per heavy atom. The fraction of sp³-hybridized carbons (Fsp3) is 0.417. The first kappa shape index (κ1) is 11.7. The Kier molecular flexibility index (Phi) is 4.84. The van der Waals surface area contributed by atoms with Crippen molar-refractivity contribution in [2.75, 3.05) is 13.2 Å². The predicted octanol–water partition coefficient (Wildman–Crippen LogP) is 1.89. The van der Waals surface area contributed by atoms with Gasteiger partial charge in [-0.2, -0.15) is 0 Å². The van der Waals surface area contributed by atoms with Crippen LogP contribution in [0, 0.1) is 6.92 Å². The van der Waals surface area contributed by atoms with Crippen molar-refractivity contribution in [2.24, 2.45) is 5.73 Å². The lowest BCUT2D eigenvalue weighted by Crippen LogP contribution is -2.09. The number of esters is 1. The summed E-state index contributed by atoms with van der Waals surface area (Å²) in [6.07, 6.45) is 1.72. The smallest absolute Gasteiger partial charge is 0.338 e. The zero-order chi connectivity index (χ0) is 11.1. The Morgan fingerprint density at radius 2 is 2.07 bits per heavy atom. The Balaban J connectivity index is 2.44. The quantitative estimate of drug-likeness (QED) is 0.592. The summed E-state index contributed by atoms with van der Waals surface area (Å²) in [6, 6.07) is 7.42. The minimum atomic E-state index is -0.245. The molecular formula is C12H17NO2. The Morgan fingerprint density at radius 1 is 1.33 bits per heavy atom. The molecule has 0 radical (unpaired) electrons. The Hall–Kier alpha value is -1.35. The lowest BCUT2D eigenvalue weighted by Gasteiger charge is -2.06. The van der Waals surface area contributed by atoms with Crippen molar-refractivity contribution >= 4 is 5.97 Å². The average molecular weight is 207 g/mol. The van der Waals surface area contributed by atoms with Crippen molar-refractivity contribution in [3.05, 3.63) is 35.4 Å². The Labute approximate surface area is 90.2 Å². The summed E-state index contributed by atoms with van der Waals surface area (Å²) in [5.41, 5.74) is 6.93. The molecule has 0 bridgehead atoms. The van der Waals surface area contributed by atoms with Crippen molar-refractivity contribution in [1.29, 1.82) is 0 Å². The maximum atomic E-state index is 11.6. The molecule has 0 aliphatic carbocycles. The topological polar surface area (TPSA) is 52.3 Å². The highest BCUT2D eigenvalue weighted by Gasteiger charge is 2.08. The number of hydrogen-bond acceptors (Lipinski definition) is 3. The molecule has 3 nitrogen and oxygen atoms in total. The van der Waals surface area contributed by atoms with E-state index in [-0.39, 0.29) is 5.97 Å². The first-order valence-corrected chi connectivity index (χ1v) is 5.18. The number of unbranched alkanes of at least 4 members (excludes halogenated alkanes) is 1. The molecule has 82 valence electrons. The number of aryl methyl sites for hydroxylation is 1. The van der Waals surface area contributed by atoms with E-state index in [1.54, 1.807) is 6.07 Å². The minimum absolute atomic E-state index is 0.245. The van der Waals surface area contributed by atoms with Crippen LogP contribution in [0.3, 0.4) is 0 Å². The Bertz CT molecular complexity index is 323. The van der Waals surface area contributed by atoms with E-state index < -0.39 is 0 Å². The van der Waals surface area contributed by atoms with Gasteiger partial charge in [-0.3, -0.25) is 0 Å². The van der Waals surface area contributed by atoms with Crippen molar-refractivity contribution in [2.45, 2.75) is 19.8 Å². The molecule has 0 atom stereocenters. The normalized spacial score (nSPS) is 10.0. The summed E-state index contributed by atoms with van der Waals surface area (Å²) in [6.45, 7) is 2.99. The van der Waals surface area contributed by atoms with Gasteiger partial charge in [0.05, 0.1) is 12.2 Å². The molecule has 1 aromatic carbocycles. The number of ether oxygens (including phenoxy) is 1. The zero-order valence-electron chi connectivity index (χ0n) is 9.03. The van der Waals surface area contributed by atoms with Crippen molar-refractivity contribution in [1.82, 2.24) is 0 Å². The summed E-state index contributed by atoms with van der Waals surface area (Å²) < 4.78 is 5.12. The average Bonchev–Trinajstić information content (AvgIpc) is 2.25. The predicted molar refractivity (Wildman–Crippen MR) is 59.7 cm³/mol. The summed E-state index contributed by atoms with van der Waals surface area (Å²) in [7, 11) is 0. The zero-order valence-corrected chi connectivity index (χ0v) is 9.03. The third kappa shape index (κ3) is 3.72. The second-order valence-corrected chi connectivity index (χ2v) is 3.45. The van der Waals surface area contributed by atoms with Gasteiger partial charge in [0.15, 0.2) is 0 Å². The molecule has 2 N–H and O–H groups in total. The highest BCUT2D eigenvalue weighted by molar-refractivity contribution is 5.90. The molecule has 1 rings (SSSR count). The summed E-state index contributed by atoms with van der Waals surface area (Å²) in [5.74, 6) is -0.245. The molecule has 0 aliphatic rings. The van der Waals surface area contributed by atoms with Crippen LogP contribution in [0.2, 0.25) is 0 Å². The van der Waals surface area contributed by atoms with Gasteiger partial charge < -0.3 is 10.5 Å². The van der Waals surface area contributed by atoms with Gasteiger partial charge in [-0.15, -0.1) is 0 Å². The van der Waals surface area contributed by atoms with E-state index in [1.165, 1.54) is 0 Å². The van der Waals surface area contributed by atoms with Crippen molar-refractivity contribution in [3.63, 3.8) is 0 Å². The molecular weight excluding hydrogens is 190 g/mol. The second kappa shape index (κ2) is 6.19. The van der Waals surface area contributed by atoms with E-state index in [2.05, 4.69) is 0 Å². The van der Waals surface area contributed by atoms with Gasteiger partial charge in [0, 0.05) is 0 Å². The maximum Gasteiger partial charge on any atom is 0.338 e. The van der Waals surface area contributed by atoms with E-state index in [4.69, 9.17) is 10.5 Å². The van der Waals surface area contributed by atoms with E-state index in [0.29, 0.717) is 18.7 Å². The maximum absolute atomic E-state index is 11.6. The SMILES string of the molecule is Cc1ccccc1C(=O)OCCCCN. The molecule has 0 spiro atoms. The number of nitrogens with two attached hydrogens (primary N) is 1. The minimum Gasteiger partial charge on any atom is -0.462 e. The molecule has 0 fully saturated rings. The summed E-state index contributed by atoms with van der Waals surface area (Å²) >= 11 is 0. The lowest BCUT2D eigenvalue weighted by molar-refractivity contribution is 0.0498. The van der Waals surface area contributed by atoms with E-state index in [9.17, 15) is 4.79 Å². The van der Waals surface area contributed by atoms with Crippen LogP contribution in [0.5, 0.6) is 0 Å². The fourth-order valence-corrected chi connectivity index (χ4v) is 1.29. The summed E-state index contributed by atoms with van der Waals surface area (Å²) in [5, 5.41) is 0. The first-order chi connectivity index (χ1) is 7.25. The van der Waals surface area contributed by atoms with E-state index in [0.717, 1.165) is 18.4 Å². The van der Waals surface area contributed by atoms with Crippen LogP contribution in [0.4, 0.5) is 0 Å². The van der Waals surface area contributed by atoms with E-state index in [1.807, 2.05) is 25.1 Å². The lowest BCUT2D eigenvalue weighted by atomic mass is 10.1. The second-order valence-electron chi connectivity index (χ2n) is 3.45. The standard InChI is InChI=1S/C12H17NO2/c1-10-6-2-3-7-11(10)12(14)15-9-5-4-8-13/h2-3,6-7H,4-5,8-9,13H2,1H3. The first-order valence-electron chi connectivity index (χ1n) is 5.18. The van der Waals surface area contributed by atoms with Crippen LogP contribution in [0.1, 0.15) is 28.8 Å². The third-order valence-corrected chi connectivity index (χ3v) is 2.20. The largest absolute Gasteiger partial charge is 0.462 e. The van der Waals surface area contributed by atoms with Gasteiger partial charge in [0.2, 0.25) is 0 Å². The van der Waals surface area contributed by atoms with Crippen LogP contribution in [0.25, 0.3) is 0 Å². The van der Waals surface area contributed by atoms with Crippen LogP contribution in [-0.2, 0) is 4.74 Å². The molecule has 0 saturated carbocycles. The fourth-order valence-electron chi connectivity index (χ4n) is 1.29. The van der Waals surface area contributed by atoms with Gasteiger partial charge in [0.1, 0.15) is 0 Å². The van der Waals surface area contributed by atoms with Gasteiger partial charge in [-0.25, -0.2) is 4.79 Å². The van der Waals surface area contributed by atoms with Gasteiger partial charge >= 0.3 is 5.97 Å². The van der Waals surface area contributed by atoms with Gasteiger partial charge in [-0.05, 0) is 37.9 Å². The number of carbonyl (C=O) groups is 1. The highest BCUT2D eigenvalue weighted by atomic mass is 16.5. The molecule has 0 heterocycles. The number of benzene rings is 1. The van der Waals surface area contributed by atoms with Crippen molar-refractivity contribution < 1.29 is 9.53 Å². The molecule has 3 heteroatoms. The van der Waals surface area contributed by atoms with E-state index >= 15 is 0 Å². The molecule has 15 heavy (non-hydrogen) atoms.